The zero-order valence-electron chi connectivity index (χ0n) is 5.92. The molecule has 0 aromatic rings. The zero-order chi connectivity index (χ0) is 6.85. The molecule has 0 aliphatic carbocycles. The minimum absolute atomic E-state index is 0. The molecular formula is C6H8MgO3. The molecule has 0 aromatic carbocycles. The summed E-state index contributed by atoms with van der Waals surface area (Å²) in [7, 11) is 0. The molecule has 0 amide bonds. The van der Waals surface area contributed by atoms with Crippen molar-refractivity contribution in [2.45, 2.75) is 13.3 Å². The maximum absolute atomic E-state index is 10.6. The highest BCUT2D eigenvalue weighted by molar-refractivity contribution is 5.98. The van der Waals surface area contributed by atoms with E-state index in [9.17, 15) is 9.59 Å². The van der Waals surface area contributed by atoms with Crippen LogP contribution in [0.1, 0.15) is 13.3 Å². The molecule has 2 radical (unpaired) electrons. The molecule has 0 aromatic heterocycles. The van der Waals surface area contributed by atoms with Gasteiger partial charge >= 0.3 is 5.97 Å². The van der Waals surface area contributed by atoms with Gasteiger partial charge in [0.15, 0.2) is 0 Å². The topological polar surface area (TPSA) is 43.4 Å². The third-order valence-electron chi connectivity index (χ3n) is 1.43. The Bertz CT molecular complexity index is 155. The maximum Gasteiger partial charge on any atom is 0.316 e. The fourth-order valence-electron chi connectivity index (χ4n) is 0.865. The molecule has 1 rings (SSSR count). The summed E-state index contributed by atoms with van der Waals surface area (Å²) >= 11 is 0. The monoisotopic (exact) mass is 152 g/mol. The number of cyclic esters (lactones) is 1. The first-order valence-corrected chi connectivity index (χ1v) is 2.89. The second kappa shape index (κ2) is 3.93. The Morgan fingerprint density at radius 2 is 2.30 bits per heavy atom. The van der Waals surface area contributed by atoms with Gasteiger partial charge in [-0.25, -0.2) is 0 Å². The van der Waals surface area contributed by atoms with E-state index in [0.29, 0.717) is 13.0 Å². The van der Waals surface area contributed by atoms with Crippen molar-refractivity contribution in [3.63, 3.8) is 0 Å². The molecule has 0 bridgehead atoms. The minimum Gasteiger partial charge on any atom is -0.465 e. The van der Waals surface area contributed by atoms with Crippen LogP contribution in [0, 0.1) is 5.92 Å². The third kappa shape index (κ3) is 1.95. The van der Waals surface area contributed by atoms with Crippen molar-refractivity contribution in [2.24, 2.45) is 5.92 Å². The number of hydrogen-bond acceptors (Lipinski definition) is 3. The number of carbonyl (C=O) groups excluding carboxylic acids is 2. The molecule has 1 unspecified atom stereocenters. The summed E-state index contributed by atoms with van der Waals surface area (Å²) in [5, 5.41) is 0. The Balaban J connectivity index is 0.000000810. The van der Waals surface area contributed by atoms with Gasteiger partial charge in [-0.1, -0.05) is 0 Å². The highest BCUT2D eigenvalue weighted by Gasteiger charge is 2.29. The largest absolute Gasteiger partial charge is 0.465 e. The summed E-state index contributed by atoms with van der Waals surface area (Å²) in [5.74, 6) is -0.912. The second-order valence-corrected chi connectivity index (χ2v) is 2.12. The molecule has 0 spiro atoms. The van der Waals surface area contributed by atoms with Crippen LogP contribution < -0.4 is 0 Å². The van der Waals surface area contributed by atoms with Crippen LogP contribution in [0.5, 0.6) is 0 Å². The van der Waals surface area contributed by atoms with E-state index in [1.807, 2.05) is 0 Å². The van der Waals surface area contributed by atoms with Crippen LogP contribution in [-0.4, -0.2) is 41.4 Å². The normalized spacial score (nSPS) is 23.3. The van der Waals surface area contributed by atoms with E-state index in [0.717, 1.165) is 0 Å². The molecule has 0 saturated carbocycles. The average molecular weight is 152 g/mol. The highest BCUT2D eigenvalue weighted by Crippen LogP contribution is 2.14. The molecule has 1 heterocycles. The first-order chi connectivity index (χ1) is 4.22. The first-order valence-electron chi connectivity index (χ1n) is 2.89. The molecule has 10 heavy (non-hydrogen) atoms. The summed E-state index contributed by atoms with van der Waals surface area (Å²) in [6, 6.07) is 0. The fraction of sp³-hybridized carbons (Fsp3) is 0.667. The molecule has 3 nitrogen and oxygen atoms in total. The SMILES string of the molecule is CC(=O)C1CCOC1=O.[Mg]. The number of ether oxygens (including phenoxy) is 1. The van der Waals surface area contributed by atoms with Crippen molar-refractivity contribution < 1.29 is 14.3 Å². The molecule has 52 valence electrons. The number of Topliss-reactive ketones (excluding diaryl/α,β-unsaturated/α-hetero) is 1. The predicted octanol–water partition coefficient (Wildman–Crippen LogP) is -0.242. The van der Waals surface area contributed by atoms with Gasteiger partial charge in [0.2, 0.25) is 0 Å². The van der Waals surface area contributed by atoms with Gasteiger partial charge < -0.3 is 4.74 Å². The van der Waals surface area contributed by atoms with Crippen molar-refractivity contribution in [2.75, 3.05) is 6.61 Å². The van der Waals surface area contributed by atoms with Crippen LogP contribution in [0.4, 0.5) is 0 Å². The fourth-order valence-corrected chi connectivity index (χ4v) is 0.865. The van der Waals surface area contributed by atoms with E-state index >= 15 is 0 Å². The van der Waals surface area contributed by atoms with Crippen molar-refractivity contribution in [1.82, 2.24) is 0 Å². The van der Waals surface area contributed by atoms with E-state index in [1.165, 1.54) is 6.92 Å². The van der Waals surface area contributed by atoms with Crippen LogP contribution in [0.3, 0.4) is 0 Å². The first kappa shape index (κ1) is 9.91. The van der Waals surface area contributed by atoms with Gasteiger partial charge in [0.25, 0.3) is 0 Å². The zero-order valence-corrected chi connectivity index (χ0v) is 7.34. The van der Waals surface area contributed by atoms with E-state index in [2.05, 4.69) is 4.74 Å². The summed E-state index contributed by atoms with van der Waals surface area (Å²) in [6.07, 6.45) is 0.564. The van der Waals surface area contributed by atoms with Crippen LogP contribution in [0.25, 0.3) is 0 Å². The van der Waals surface area contributed by atoms with Crippen molar-refractivity contribution in [3.05, 3.63) is 0 Å². The number of rotatable bonds is 1. The van der Waals surface area contributed by atoms with Crippen molar-refractivity contribution in [1.29, 1.82) is 0 Å². The summed E-state index contributed by atoms with van der Waals surface area (Å²) in [6.45, 7) is 1.82. The van der Waals surface area contributed by atoms with Crippen molar-refractivity contribution in [3.8, 4) is 0 Å². The molecule has 4 heteroatoms. The summed E-state index contributed by atoms with van der Waals surface area (Å²) in [5.41, 5.74) is 0. The van der Waals surface area contributed by atoms with E-state index in [-0.39, 0.29) is 34.8 Å². The molecule has 1 fully saturated rings. The molecule has 0 N–H and O–H groups in total. The lowest BCUT2D eigenvalue weighted by molar-refractivity contribution is -0.144. The van der Waals surface area contributed by atoms with Crippen LogP contribution in [-0.2, 0) is 14.3 Å². The molecule has 1 aliphatic heterocycles. The lowest BCUT2D eigenvalue weighted by atomic mass is 10.1. The lowest BCUT2D eigenvalue weighted by Gasteiger charge is -1.95. The number of carbonyl (C=O) groups is 2. The highest BCUT2D eigenvalue weighted by atomic mass is 24.3. The van der Waals surface area contributed by atoms with Crippen LogP contribution in [0.2, 0.25) is 0 Å². The third-order valence-corrected chi connectivity index (χ3v) is 1.43. The van der Waals surface area contributed by atoms with Gasteiger partial charge in [0.05, 0.1) is 6.61 Å². The second-order valence-electron chi connectivity index (χ2n) is 2.12. The number of esters is 1. The Labute approximate surface area is 75.3 Å². The van der Waals surface area contributed by atoms with Gasteiger partial charge in [-0.15, -0.1) is 0 Å². The smallest absolute Gasteiger partial charge is 0.316 e. The Morgan fingerprint density at radius 3 is 2.50 bits per heavy atom. The number of hydrogen-bond donors (Lipinski definition) is 0. The molecule has 1 saturated heterocycles. The quantitative estimate of drug-likeness (QED) is 0.296. The minimum atomic E-state index is -0.468. The maximum atomic E-state index is 10.6. The van der Waals surface area contributed by atoms with Gasteiger partial charge in [0, 0.05) is 29.5 Å². The van der Waals surface area contributed by atoms with Crippen LogP contribution in [0.15, 0.2) is 0 Å². The van der Waals surface area contributed by atoms with Gasteiger partial charge in [-0.2, -0.15) is 0 Å². The molecular weight excluding hydrogens is 144 g/mol. The van der Waals surface area contributed by atoms with E-state index in [4.69, 9.17) is 0 Å². The Kier molecular flexibility index (Phi) is 3.89. The Morgan fingerprint density at radius 1 is 1.70 bits per heavy atom. The van der Waals surface area contributed by atoms with E-state index in [1.54, 1.807) is 0 Å². The predicted molar refractivity (Wildman–Crippen MR) is 35.5 cm³/mol. The van der Waals surface area contributed by atoms with E-state index < -0.39 is 5.92 Å². The Hall–Kier alpha value is -0.0938. The average Bonchev–Trinajstić information content (AvgIpc) is 2.13. The van der Waals surface area contributed by atoms with Gasteiger partial charge in [0.1, 0.15) is 11.7 Å². The van der Waals surface area contributed by atoms with Crippen LogP contribution >= 0.6 is 0 Å². The standard InChI is InChI=1S/C6H8O3.Mg/c1-4(7)5-2-3-9-6(5)8;/h5H,2-3H2,1H3;. The van der Waals surface area contributed by atoms with Gasteiger partial charge in [-0.3, -0.25) is 9.59 Å². The summed E-state index contributed by atoms with van der Waals surface area (Å²) in [4.78, 5) is 21.1. The lowest BCUT2D eigenvalue weighted by Crippen LogP contribution is -2.15. The summed E-state index contributed by atoms with van der Waals surface area (Å²) < 4.78 is 4.57. The molecule has 1 aliphatic rings. The molecule has 1 atom stereocenters. The number of ketones is 1. The van der Waals surface area contributed by atoms with Crippen molar-refractivity contribution >= 4 is 34.8 Å². The van der Waals surface area contributed by atoms with Gasteiger partial charge in [-0.05, 0) is 6.92 Å².